The van der Waals surface area contributed by atoms with Crippen LogP contribution in [0.15, 0.2) is 12.4 Å². The molecule has 33 heavy (non-hydrogen) atoms. The van der Waals surface area contributed by atoms with Gasteiger partial charge in [-0.3, -0.25) is 9.59 Å². The summed E-state index contributed by atoms with van der Waals surface area (Å²) >= 11 is 0. The number of hydrogen-bond acceptors (Lipinski definition) is 7. The number of nitrogen functional groups attached to an aromatic ring is 1. The molecule has 2 amide bonds. The average molecular weight is 462 g/mol. The molecule has 4 rings (SSSR count). The topological polar surface area (TPSA) is 118 Å². The van der Waals surface area contributed by atoms with Gasteiger partial charge in [0.05, 0.1) is 30.6 Å². The number of nitrogens with one attached hydrogen (secondary N) is 1. The molecular weight excluding hydrogens is 429 g/mol. The van der Waals surface area contributed by atoms with E-state index in [1.807, 2.05) is 7.05 Å². The predicted octanol–water partition coefficient (Wildman–Crippen LogP) is 0.917. The molecule has 1 aliphatic carbocycles. The van der Waals surface area contributed by atoms with Crippen LogP contribution < -0.4 is 11.1 Å². The summed E-state index contributed by atoms with van der Waals surface area (Å²) in [6.07, 6.45) is 6.14. The number of likely N-dealkylation sites (tertiary alicyclic amines) is 1. The number of amides is 2. The van der Waals surface area contributed by atoms with Crippen molar-refractivity contribution in [2.75, 3.05) is 40.0 Å². The van der Waals surface area contributed by atoms with Gasteiger partial charge in [-0.2, -0.15) is 0 Å². The van der Waals surface area contributed by atoms with Gasteiger partial charge < -0.3 is 25.6 Å². The van der Waals surface area contributed by atoms with E-state index in [-0.39, 0.29) is 47.1 Å². The smallest absolute Gasteiger partial charge is 0.259 e. The number of hydrogen-bond donors (Lipinski definition) is 2. The summed E-state index contributed by atoms with van der Waals surface area (Å²) in [7, 11) is 5.58. The van der Waals surface area contributed by atoms with Crippen molar-refractivity contribution >= 4 is 23.3 Å². The van der Waals surface area contributed by atoms with Gasteiger partial charge in [0.15, 0.2) is 17.3 Å². The van der Waals surface area contributed by atoms with Crippen molar-refractivity contribution in [2.24, 2.45) is 5.92 Å². The van der Waals surface area contributed by atoms with Crippen LogP contribution >= 0.6 is 0 Å². The maximum absolute atomic E-state index is 13.5. The summed E-state index contributed by atoms with van der Waals surface area (Å²) in [5.41, 5.74) is 6.29. The van der Waals surface area contributed by atoms with E-state index in [1.165, 1.54) is 4.52 Å². The number of carbonyl (C=O) groups is 2. The Bertz CT molecular complexity index is 1020. The molecule has 10 nitrogen and oxygen atoms in total. The normalized spacial score (nSPS) is 26.3. The summed E-state index contributed by atoms with van der Waals surface area (Å²) in [5, 5.41) is 7.06. The fraction of sp³-hybridized carbons (Fsp3) is 0.636. The Labute approximate surface area is 192 Å². The van der Waals surface area contributed by atoms with Crippen LogP contribution in [-0.4, -0.2) is 88.7 Å². The van der Waals surface area contributed by atoms with E-state index in [1.54, 1.807) is 19.0 Å². The first-order chi connectivity index (χ1) is 15.7. The third kappa shape index (κ3) is 5.09. The summed E-state index contributed by atoms with van der Waals surface area (Å²) in [6, 6.07) is -0.243. The van der Waals surface area contributed by atoms with Crippen LogP contribution in [-0.2, 0) is 9.53 Å². The Balaban J connectivity index is 1.42. The third-order valence-corrected chi connectivity index (χ3v) is 6.60. The number of nitrogens with zero attached hydrogens (tertiary/aromatic N) is 5. The van der Waals surface area contributed by atoms with Crippen LogP contribution in [0.2, 0.25) is 0 Å². The minimum atomic E-state index is -0.568. The van der Waals surface area contributed by atoms with Crippen LogP contribution in [0.5, 0.6) is 0 Å². The van der Waals surface area contributed by atoms with Gasteiger partial charge in [0, 0.05) is 33.1 Å². The molecule has 0 radical (unpaired) electrons. The molecule has 0 bridgehead atoms. The van der Waals surface area contributed by atoms with Gasteiger partial charge in [0.25, 0.3) is 5.91 Å². The van der Waals surface area contributed by atoms with Crippen molar-refractivity contribution in [3.05, 3.63) is 23.8 Å². The number of anilines is 1. The van der Waals surface area contributed by atoms with Crippen LogP contribution in [0, 0.1) is 11.7 Å². The Hall–Kier alpha value is -2.79. The molecule has 2 aliphatic rings. The molecule has 0 aromatic carbocycles. The lowest BCUT2D eigenvalue weighted by Gasteiger charge is -2.40. The highest BCUT2D eigenvalue weighted by atomic mass is 19.1. The van der Waals surface area contributed by atoms with E-state index >= 15 is 0 Å². The lowest BCUT2D eigenvalue weighted by Crippen LogP contribution is -2.56. The van der Waals surface area contributed by atoms with Crippen molar-refractivity contribution in [1.29, 1.82) is 0 Å². The van der Waals surface area contributed by atoms with Gasteiger partial charge in [0.1, 0.15) is 5.56 Å². The van der Waals surface area contributed by atoms with Crippen molar-refractivity contribution in [1.82, 2.24) is 29.7 Å². The second-order valence-electron chi connectivity index (χ2n) is 9.31. The third-order valence-electron chi connectivity index (χ3n) is 6.60. The summed E-state index contributed by atoms with van der Waals surface area (Å²) in [5.74, 6) is -0.741. The van der Waals surface area contributed by atoms with Crippen molar-refractivity contribution in [3.8, 4) is 0 Å². The van der Waals surface area contributed by atoms with Crippen molar-refractivity contribution in [2.45, 2.75) is 50.4 Å². The van der Waals surface area contributed by atoms with Crippen LogP contribution in [0.25, 0.3) is 5.65 Å². The quantitative estimate of drug-likeness (QED) is 0.680. The predicted molar refractivity (Wildman–Crippen MR) is 120 cm³/mol. The van der Waals surface area contributed by atoms with Crippen molar-refractivity contribution in [3.63, 3.8) is 0 Å². The number of halogens is 1. The first-order valence-corrected chi connectivity index (χ1v) is 11.4. The maximum Gasteiger partial charge on any atom is 0.259 e. The SMILES string of the molecule is CN1CCC(OC2CCC(C(=O)N(C)C)CC2)C(NC(=O)c2c(N)nn3cc(F)cnc23)C1. The molecule has 0 spiro atoms. The van der Waals surface area contributed by atoms with E-state index < -0.39 is 11.7 Å². The Kier molecular flexibility index (Phi) is 6.80. The van der Waals surface area contributed by atoms with Crippen LogP contribution in [0.3, 0.4) is 0 Å². The molecule has 2 fully saturated rings. The second kappa shape index (κ2) is 9.60. The molecule has 11 heteroatoms. The number of rotatable bonds is 5. The number of fused-ring (bicyclic) bond motifs is 1. The zero-order valence-electron chi connectivity index (χ0n) is 19.3. The van der Waals surface area contributed by atoms with Gasteiger partial charge >= 0.3 is 0 Å². The highest BCUT2D eigenvalue weighted by molar-refractivity contribution is 6.04. The summed E-state index contributed by atoms with van der Waals surface area (Å²) in [4.78, 5) is 33.2. The van der Waals surface area contributed by atoms with Crippen LogP contribution in [0.4, 0.5) is 10.2 Å². The number of piperidine rings is 1. The molecule has 3 N–H and O–H groups in total. The first-order valence-electron chi connectivity index (χ1n) is 11.4. The number of carbonyl (C=O) groups excluding carboxylic acids is 2. The lowest BCUT2D eigenvalue weighted by atomic mass is 9.86. The number of aromatic nitrogens is 3. The van der Waals surface area contributed by atoms with Gasteiger partial charge in [-0.25, -0.2) is 13.9 Å². The summed E-state index contributed by atoms with van der Waals surface area (Å²) < 4.78 is 21.1. The average Bonchev–Trinajstić information content (AvgIpc) is 3.10. The van der Waals surface area contributed by atoms with Gasteiger partial charge in [-0.15, -0.1) is 5.10 Å². The molecule has 3 heterocycles. The Morgan fingerprint density at radius 3 is 2.67 bits per heavy atom. The van der Waals surface area contributed by atoms with Crippen molar-refractivity contribution < 1.29 is 18.7 Å². The lowest BCUT2D eigenvalue weighted by molar-refractivity contribution is -0.136. The molecular formula is C22H32FN7O3. The molecule has 2 atom stereocenters. The number of nitrogens with two attached hydrogens (primary N) is 1. The minimum Gasteiger partial charge on any atom is -0.381 e. The molecule has 2 aromatic rings. The van der Waals surface area contributed by atoms with Gasteiger partial charge in [0.2, 0.25) is 5.91 Å². The Morgan fingerprint density at radius 2 is 1.97 bits per heavy atom. The maximum atomic E-state index is 13.5. The second-order valence-corrected chi connectivity index (χ2v) is 9.31. The highest BCUT2D eigenvalue weighted by Gasteiger charge is 2.35. The Morgan fingerprint density at radius 1 is 1.24 bits per heavy atom. The van der Waals surface area contributed by atoms with E-state index in [0.29, 0.717) is 6.54 Å². The number of likely N-dealkylation sites (N-methyl/N-ethyl adjacent to an activating group) is 1. The molecule has 1 saturated carbocycles. The molecule has 1 saturated heterocycles. The van der Waals surface area contributed by atoms with E-state index in [2.05, 4.69) is 20.3 Å². The number of ether oxygens (including phenoxy) is 1. The summed E-state index contributed by atoms with van der Waals surface area (Å²) in [6.45, 7) is 1.50. The zero-order chi connectivity index (χ0) is 23.7. The zero-order valence-corrected chi connectivity index (χ0v) is 19.3. The first kappa shape index (κ1) is 23.4. The fourth-order valence-corrected chi connectivity index (χ4v) is 4.84. The van der Waals surface area contributed by atoms with Gasteiger partial charge in [-0.1, -0.05) is 0 Å². The monoisotopic (exact) mass is 461 g/mol. The van der Waals surface area contributed by atoms with E-state index in [9.17, 15) is 14.0 Å². The highest BCUT2D eigenvalue weighted by Crippen LogP contribution is 2.30. The molecule has 2 unspecified atom stereocenters. The van der Waals surface area contributed by atoms with E-state index in [0.717, 1.165) is 51.0 Å². The van der Waals surface area contributed by atoms with E-state index in [4.69, 9.17) is 10.5 Å². The standard InChI is InChI=1S/C22H32FN7O3/c1-28(2)22(32)13-4-6-15(7-5-13)33-17-8-9-29(3)12-16(17)26-21(31)18-19(24)27-30-11-14(23)10-25-20(18)30/h10-11,13,15-17H,4-9,12H2,1-3H3,(H2,24,27)(H,26,31). The minimum absolute atomic E-state index is 0.00360. The largest absolute Gasteiger partial charge is 0.381 e. The molecule has 1 aliphatic heterocycles. The molecule has 180 valence electrons. The fourth-order valence-electron chi connectivity index (χ4n) is 4.84. The molecule has 2 aromatic heterocycles. The van der Waals surface area contributed by atoms with Gasteiger partial charge in [-0.05, 0) is 39.2 Å². The van der Waals surface area contributed by atoms with Crippen LogP contribution in [0.1, 0.15) is 42.5 Å².